The molecular formula is C18H15Cl2N3O. The van der Waals surface area contributed by atoms with E-state index in [-0.39, 0.29) is 6.61 Å². The first-order valence-corrected chi connectivity index (χ1v) is 8.09. The predicted octanol–water partition coefficient (Wildman–Crippen LogP) is 4.99. The summed E-state index contributed by atoms with van der Waals surface area (Å²) in [6.07, 6.45) is 0. The van der Waals surface area contributed by atoms with Crippen molar-refractivity contribution in [3.8, 4) is 11.4 Å². The van der Waals surface area contributed by atoms with E-state index in [2.05, 4.69) is 15.3 Å². The number of aromatic nitrogens is 2. The summed E-state index contributed by atoms with van der Waals surface area (Å²) in [7, 11) is 0. The monoisotopic (exact) mass is 359 g/mol. The Balaban J connectivity index is 2.06. The van der Waals surface area contributed by atoms with E-state index in [4.69, 9.17) is 23.2 Å². The van der Waals surface area contributed by atoms with Gasteiger partial charge in [-0.05, 0) is 25.1 Å². The van der Waals surface area contributed by atoms with Crippen molar-refractivity contribution in [2.75, 3.05) is 5.32 Å². The highest BCUT2D eigenvalue weighted by atomic mass is 35.5. The van der Waals surface area contributed by atoms with E-state index in [0.29, 0.717) is 38.6 Å². The smallest absolute Gasteiger partial charge is 0.161 e. The summed E-state index contributed by atoms with van der Waals surface area (Å²) in [6, 6.07) is 14.8. The number of aliphatic hydroxyl groups excluding tert-OH is 1. The van der Waals surface area contributed by atoms with Crippen molar-refractivity contribution in [3.63, 3.8) is 0 Å². The van der Waals surface area contributed by atoms with Gasteiger partial charge in [0.05, 0.1) is 6.61 Å². The predicted molar refractivity (Wildman–Crippen MR) is 97.9 cm³/mol. The Morgan fingerprint density at radius 1 is 1.00 bits per heavy atom. The zero-order chi connectivity index (χ0) is 17.1. The molecule has 4 nitrogen and oxygen atoms in total. The molecule has 0 atom stereocenters. The van der Waals surface area contributed by atoms with E-state index in [1.807, 2.05) is 37.3 Å². The van der Waals surface area contributed by atoms with Crippen LogP contribution in [0.2, 0.25) is 10.0 Å². The van der Waals surface area contributed by atoms with Crippen molar-refractivity contribution in [2.45, 2.75) is 13.5 Å². The second kappa shape index (κ2) is 7.18. The molecule has 3 rings (SSSR count). The number of aryl methyl sites for hydroxylation is 1. The minimum absolute atomic E-state index is 0.169. The highest BCUT2D eigenvalue weighted by molar-refractivity contribution is 6.35. The number of rotatable bonds is 4. The Morgan fingerprint density at radius 3 is 2.29 bits per heavy atom. The molecule has 0 aliphatic rings. The fraction of sp³-hybridized carbons (Fsp3) is 0.111. The fourth-order valence-electron chi connectivity index (χ4n) is 2.37. The molecule has 0 fully saturated rings. The first kappa shape index (κ1) is 16.7. The zero-order valence-electron chi connectivity index (χ0n) is 12.9. The average molecular weight is 360 g/mol. The first-order chi connectivity index (χ1) is 11.6. The van der Waals surface area contributed by atoms with Crippen molar-refractivity contribution in [1.82, 2.24) is 9.97 Å². The summed E-state index contributed by atoms with van der Waals surface area (Å²) in [5, 5.41) is 13.9. The number of halogens is 2. The van der Waals surface area contributed by atoms with Crippen molar-refractivity contribution in [3.05, 3.63) is 69.8 Å². The third-order valence-corrected chi connectivity index (χ3v) is 3.97. The van der Waals surface area contributed by atoms with E-state index in [1.165, 1.54) is 0 Å². The minimum atomic E-state index is -0.169. The summed E-state index contributed by atoms with van der Waals surface area (Å²) >= 11 is 12.1. The lowest BCUT2D eigenvalue weighted by Gasteiger charge is -2.14. The molecule has 24 heavy (non-hydrogen) atoms. The number of hydrogen-bond donors (Lipinski definition) is 2. The maximum Gasteiger partial charge on any atom is 0.161 e. The third-order valence-electron chi connectivity index (χ3n) is 3.53. The molecule has 0 aliphatic carbocycles. The van der Waals surface area contributed by atoms with Gasteiger partial charge in [0.1, 0.15) is 5.82 Å². The lowest BCUT2D eigenvalue weighted by molar-refractivity contribution is 0.281. The molecule has 0 amide bonds. The highest BCUT2D eigenvalue weighted by Crippen LogP contribution is 2.28. The molecule has 0 spiro atoms. The van der Waals surface area contributed by atoms with Gasteiger partial charge >= 0.3 is 0 Å². The van der Waals surface area contributed by atoms with Crippen LogP contribution in [-0.2, 0) is 6.61 Å². The highest BCUT2D eigenvalue weighted by Gasteiger charge is 2.13. The van der Waals surface area contributed by atoms with Gasteiger partial charge in [-0.15, -0.1) is 0 Å². The first-order valence-electron chi connectivity index (χ1n) is 7.33. The number of benzene rings is 2. The SMILES string of the molecule is Cc1nc(-c2ccccc2)nc(Nc2cc(Cl)cc(Cl)c2)c1CO. The van der Waals surface area contributed by atoms with Crippen LogP contribution in [0.25, 0.3) is 11.4 Å². The maximum atomic E-state index is 9.68. The Kier molecular flexibility index (Phi) is 5.00. The standard InChI is InChI=1S/C18H15Cl2N3O/c1-11-16(10-24)18(22-15-8-13(19)7-14(20)9-15)23-17(21-11)12-5-3-2-4-6-12/h2-9,24H,10H2,1H3,(H,21,22,23). The molecule has 2 aromatic carbocycles. The fourth-order valence-corrected chi connectivity index (χ4v) is 2.89. The minimum Gasteiger partial charge on any atom is -0.391 e. The van der Waals surface area contributed by atoms with E-state index < -0.39 is 0 Å². The Hall–Kier alpha value is -2.14. The van der Waals surface area contributed by atoms with Crippen LogP contribution >= 0.6 is 23.2 Å². The molecule has 0 saturated heterocycles. The topological polar surface area (TPSA) is 58.0 Å². The summed E-state index contributed by atoms with van der Waals surface area (Å²) in [4.78, 5) is 9.05. The van der Waals surface area contributed by atoms with Crippen LogP contribution in [0.4, 0.5) is 11.5 Å². The number of nitrogens with zero attached hydrogens (tertiary/aromatic N) is 2. The van der Waals surface area contributed by atoms with E-state index in [1.54, 1.807) is 18.2 Å². The molecule has 2 N–H and O–H groups in total. The van der Waals surface area contributed by atoms with Crippen molar-refractivity contribution >= 4 is 34.7 Å². The molecule has 0 aliphatic heterocycles. The van der Waals surface area contributed by atoms with Crippen molar-refractivity contribution in [2.24, 2.45) is 0 Å². The van der Waals surface area contributed by atoms with E-state index in [9.17, 15) is 5.11 Å². The zero-order valence-corrected chi connectivity index (χ0v) is 14.4. The van der Waals surface area contributed by atoms with E-state index in [0.717, 1.165) is 5.56 Å². The lowest BCUT2D eigenvalue weighted by Crippen LogP contribution is -2.06. The molecule has 0 saturated carbocycles. The van der Waals surface area contributed by atoms with Gasteiger partial charge in [-0.25, -0.2) is 9.97 Å². The van der Waals surface area contributed by atoms with Crippen LogP contribution < -0.4 is 5.32 Å². The van der Waals surface area contributed by atoms with Gasteiger partial charge in [-0.1, -0.05) is 53.5 Å². The molecule has 3 aromatic rings. The second-order valence-corrected chi connectivity index (χ2v) is 6.14. The largest absolute Gasteiger partial charge is 0.391 e. The molecule has 0 radical (unpaired) electrons. The lowest BCUT2D eigenvalue weighted by atomic mass is 10.1. The quantitative estimate of drug-likeness (QED) is 0.688. The van der Waals surface area contributed by atoms with Crippen LogP contribution in [0.3, 0.4) is 0 Å². The van der Waals surface area contributed by atoms with Gasteiger partial charge in [0.25, 0.3) is 0 Å². The summed E-state index contributed by atoms with van der Waals surface area (Å²) in [5.41, 5.74) is 2.93. The van der Waals surface area contributed by atoms with Gasteiger partial charge < -0.3 is 10.4 Å². The summed E-state index contributed by atoms with van der Waals surface area (Å²) in [6.45, 7) is 1.67. The second-order valence-electron chi connectivity index (χ2n) is 5.27. The average Bonchev–Trinajstić information content (AvgIpc) is 2.54. The van der Waals surface area contributed by atoms with Gasteiger partial charge in [0.2, 0.25) is 0 Å². The van der Waals surface area contributed by atoms with Gasteiger partial charge in [-0.2, -0.15) is 0 Å². The van der Waals surface area contributed by atoms with Crippen LogP contribution in [0, 0.1) is 6.92 Å². The Morgan fingerprint density at radius 2 is 1.67 bits per heavy atom. The summed E-state index contributed by atoms with van der Waals surface area (Å²) in [5.74, 6) is 1.11. The number of nitrogens with one attached hydrogen (secondary N) is 1. The van der Waals surface area contributed by atoms with Gasteiger partial charge in [-0.3, -0.25) is 0 Å². The number of aliphatic hydroxyl groups is 1. The Labute approximate surface area is 150 Å². The molecule has 6 heteroatoms. The molecule has 0 unspecified atom stereocenters. The molecular weight excluding hydrogens is 345 g/mol. The van der Waals surface area contributed by atoms with Crippen LogP contribution in [0.1, 0.15) is 11.3 Å². The maximum absolute atomic E-state index is 9.68. The van der Waals surface area contributed by atoms with E-state index >= 15 is 0 Å². The normalized spacial score (nSPS) is 10.7. The van der Waals surface area contributed by atoms with Crippen molar-refractivity contribution in [1.29, 1.82) is 0 Å². The number of hydrogen-bond acceptors (Lipinski definition) is 4. The van der Waals surface area contributed by atoms with Gasteiger partial charge in [0, 0.05) is 32.6 Å². The van der Waals surface area contributed by atoms with Crippen LogP contribution in [-0.4, -0.2) is 15.1 Å². The third kappa shape index (κ3) is 3.67. The van der Waals surface area contributed by atoms with Crippen molar-refractivity contribution < 1.29 is 5.11 Å². The van der Waals surface area contributed by atoms with Crippen LogP contribution in [0.15, 0.2) is 48.5 Å². The van der Waals surface area contributed by atoms with Gasteiger partial charge in [0.15, 0.2) is 5.82 Å². The molecule has 1 heterocycles. The number of anilines is 2. The summed E-state index contributed by atoms with van der Waals surface area (Å²) < 4.78 is 0. The molecule has 0 bridgehead atoms. The molecule has 1 aromatic heterocycles. The van der Waals surface area contributed by atoms with Crippen LogP contribution in [0.5, 0.6) is 0 Å². The molecule has 122 valence electrons. The Bertz CT molecular complexity index is 849.